The van der Waals surface area contributed by atoms with Gasteiger partial charge in [-0.15, -0.1) is 0 Å². The Hall–Kier alpha value is -3.09. The van der Waals surface area contributed by atoms with E-state index < -0.39 is 17.6 Å². The van der Waals surface area contributed by atoms with Crippen LogP contribution in [0.4, 0.5) is 18.9 Å². The van der Waals surface area contributed by atoms with Crippen LogP contribution in [-0.2, 0) is 17.5 Å². The molecular weight excluding hydrogens is 381 g/mol. The molecule has 3 rings (SSSR count). The van der Waals surface area contributed by atoms with E-state index in [1.165, 1.54) is 18.2 Å². The Bertz CT molecular complexity index is 1150. The molecule has 0 aliphatic heterocycles. The minimum Gasteiger partial charge on any atom is -0.326 e. The molecule has 0 spiro atoms. The highest BCUT2D eigenvalue weighted by Gasteiger charge is 2.30. The molecule has 4 nitrogen and oxygen atoms in total. The number of carbonyl (C=O) groups is 1. The minimum absolute atomic E-state index is 0.0401. The number of rotatable bonds is 4. The largest absolute Gasteiger partial charge is 0.416 e. The monoisotopic (exact) mass is 402 g/mol. The van der Waals surface area contributed by atoms with E-state index in [0.29, 0.717) is 0 Å². The fourth-order valence-electron chi connectivity index (χ4n) is 3.50. The Labute approximate surface area is 166 Å². The van der Waals surface area contributed by atoms with E-state index in [1.54, 1.807) is 4.57 Å². The van der Waals surface area contributed by atoms with E-state index in [4.69, 9.17) is 0 Å². The quantitative estimate of drug-likeness (QED) is 0.670. The summed E-state index contributed by atoms with van der Waals surface area (Å²) in [6.45, 7) is 5.88. The molecule has 0 aliphatic rings. The standard InChI is InChI=1S/C22H21F3N2O2/c1-13-9-15(3)21-18(10-13)14(2)11-20(29)27(21)8-7-19(28)26-17-6-4-5-16(12-17)22(23,24)25/h4-6,9-12H,7-8H2,1-3H3,(H,26,28). The van der Waals surface area contributed by atoms with Crippen LogP contribution < -0.4 is 10.9 Å². The van der Waals surface area contributed by atoms with Gasteiger partial charge in [-0.1, -0.05) is 17.7 Å². The van der Waals surface area contributed by atoms with Crippen molar-refractivity contribution in [2.24, 2.45) is 0 Å². The summed E-state index contributed by atoms with van der Waals surface area (Å²) in [5, 5.41) is 3.42. The van der Waals surface area contributed by atoms with Crippen LogP contribution in [0, 0.1) is 20.8 Å². The van der Waals surface area contributed by atoms with E-state index in [9.17, 15) is 22.8 Å². The highest BCUT2D eigenvalue weighted by molar-refractivity contribution is 5.91. The zero-order valence-corrected chi connectivity index (χ0v) is 16.4. The van der Waals surface area contributed by atoms with Crippen molar-refractivity contribution < 1.29 is 18.0 Å². The van der Waals surface area contributed by atoms with Gasteiger partial charge in [-0.3, -0.25) is 9.59 Å². The molecule has 0 saturated heterocycles. The molecule has 0 unspecified atom stereocenters. The predicted molar refractivity (Wildman–Crippen MR) is 107 cm³/mol. The molecule has 0 fully saturated rings. The zero-order valence-electron chi connectivity index (χ0n) is 16.4. The third kappa shape index (κ3) is 4.50. The van der Waals surface area contributed by atoms with Crippen molar-refractivity contribution in [3.05, 3.63) is 75.1 Å². The van der Waals surface area contributed by atoms with Crippen molar-refractivity contribution in [3.8, 4) is 0 Å². The molecule has 29 heavy (non-hydrogen) atoms. The average Bonchev–Trinajstić information content (AvgIpc) is 2.61. The van der Waals surface area contributed by atoms with Gasteiger partial charge in [0, 0.05) is 30.1 Å². The summed E-state index contributed by atoms with van der Waals surface area (Å²) >= 11 is 0. The van der Waals surface area contributed by atoms with E-state index in [2.05, 4.69) is 5.32 Å². The summed E-state index contributed by atoms with van der Waals surface area (Å²) in [6, 6.07) is 9.97. The summed E-state index contributed by atoms with van der Waals surface area (Å²) in [4.78, 5) is 24.8. The Morgan fingerprint density at radius 3 is 2.45 bits per heavy atom. The molecule has 0 aliphatic carbocycles. The van der Waals surface area contributed by atoms with E-state index in [0.717, 1.165) is 39.7 Å². The second-order valence-electron chi connectivity index (χ2n) is 7.17. The van der Waals surface area contributed by atoms with Gasteiger partial charge in [0.25, 0.3) is 5.56 Å². The minimum atomic E-state index is -4.48. The molecule has 1 amide bonds. The molecule has 0 saturated carbocycles. The predicted octanol–water partition coefficient (Wildman–Crippen LogP) is 4.97. The normalized spacial score (nSPS) is 11.7. The van der Waals surface area contributed by atoms with E-state index in [-0.39, 0.29) is 24.2 Å². The lowest BCUT2D eigenvalue weighted by Crippen LogP contribution is -2.24. The van der Waals surface area contributed by atoms with Gasteiger partial charge in [0.1, 0.15) is 0 Å². The number of alkyl halides is 3. The lowest BCUT2D eigenvalue weighted by Gasteiger charge is -2.15. The first-order valence-electron chi connectivity index (χ1n) is 9.15. The molecule has 2 aromatic carbocycles. The Balaban J connectivity index is 1.83. The maximum absolute atomic E-state index is 12.8. The number of pyridine rings is 1. The third-order valence-electron chi connectivity index (χ3n) is 4.78. The lowest BCUT2D eigenvalue weighted by atomic mass is 10.0. The van der Waals surface area contributed by atoms with Gasteiger partial charge in [-0.25, -0.2) is 0 Å². The maximum Gasteiger partial charge on any atom is 0.416 e. The van der Waals surface area contributed by atoms with Crippen LogP contribution in [-0.4, -0.2) is 10.5 Å². The number of nitrogens with one attached hydrogen (secondary N) is 1. The van der Waals surface area contributed by atoms with Gasteiger partial charge in [0.05, 0.1) is 11.1 Å². The second-order valence-corrected chi connectivity index (χ2v) is 7.17. The Morgan fingerprint density at radius 2 is 1.76 bits per heavy atom. The first-order valence-corrected chi connectivity index (χ1v) is 9.15. The van der Waals surface area contributed by atoms with Crippen LogP contribution in [0.25, 0.3) is 10.9 Å². The topological polar surface area (TPSA) is 51.1 Å². The summed E-state index contributed by atoms with van der Waals surface area (Å²) in [5.74, 6) is -0.463. The fraction of sp³-hybridized carbons (Fsp3) is 0.273. The lowest BCUT2D eigenvalue weighted by molar-refractivity contribution is -0.137. The highest BCUT2D eigenvalue weighted by atomic mass is 19.4. The first kappa shape index (κ1) is 20.6. The molecule has 0 bridgehead atoms. The van der Waals surface area contributed by atoms with Crippen LogP contribution in [0.2, 0.25) is 0 Å². The molecule has 1 heterocycles. The van der Waals surface area contributed by atoms with Gasteiger partial charge >= 0.3 is 6.18 Å². The maximum atomic E-state index is 12.8. The molecule has 1 N–H and O–H groups in total. The number of anilines is 1. The zero-order chi connectivity index (χ0) is 21.3. The number of fused-ring (bicyclic) bond motifs is 1. The SMILES string of the molecule is Cc1cc(C)c2c(c1)c(C)cc(=O)n2CCC(=O)Nc1cccc(C(F)(F)F)c1. The molecule has 152 valence electrons. The number of halogens is 3. The summed E-state index contributed by atoms with van der Waals surface area (Å²) in [6.07, 6.45) is -4.52. The molecule has 7 heteroatoms. The number of carbonyl (C=O) groups excluding carboxylic acids is 1. The fourth-order valence-corrected chi connectivity index (χ4v) is 3.50. The van der Waals surface area contributed by atoms with Crippen molar-refractivity contribution in [1.82, 2.24) is 4.57 Å². The van der Waals surface area contributed by atoms with Gasteiger partial charge in [0.2, 0.25) is 5.91 Å². The van der Waals surface area contributed by atoms with Crippen molar-refractivity contribution in [1.29, 1.82) is 0 Å². The summed E-state index contributed by atoms with van der Waals surface area (Å²) < 4.78 is 40.0. The second kappa shape index (κ2) is 7.73. The summed E-state index contributed by atoms with van der Waals surface area (Å²) in [7, 11) is 0. The van der Waals surface area contributed by atoms with E-state index in [1.807, 2.05) is 32.9 Å². The number of hydrogen-bond donors (Lipinski definition) is 1. The number of benzene rings is 2. The third-order valence-corrected chi connectivity index (χ3v) is 4.78. The number of amides is 1. The van der Waals surface area contributed by atoms with Crippen molar-refractivity contribution in [2.75, 3.05) is 5.32 Å². The number of hydrogen-bond acceptors (Lipinski definition) is 2. The van der Waals surface area contributed by atoms with Crippen LogP contribution in [0.1, 0.15) is 28.7 Å². The first-order chi connectivity index (χ1) is 13.6. The van der Waals surface area contributed by atoms with Crippen LogP contribution in [0.5, 0.6) is 0 Å². The summed E-state index contributed by atoms with van der Waals surface area (Å²) in [5.41, 5.74) is 2.66. The number of aryl methyl sites for hydroxylation is 4. The molecule has 0 atom stereocenters. The molecule has 3 aromatic rings. The van der Waals surface area contributed by atoms with Crippen molar-refractivity contribution in [2.45, 2.75) is 39.9 Å². The van der Waals surface area contributed by atoms with Crippen molar-refractivity contribution >= 4 is 22.5 Å². The van der Waals surface area contributed by atoms with Crippen LogP contribution in [0.3, 0.4) is 0 Å². The van der Waals surface area contributed by atoms with Gasteiger partial charge < -0.3 is 9.88 Å². The van der Waals surface area contributed by atoms with Crippen molar-refractivity contribution in [3.63, 3.8) is 0 Å². The van der Waals surface area contributed by atoms with Gasteiger partial charge in [-0.05, 0) is 56.2 Å². The highest BCUT2D eigenvalue weighted by Crippen LogP contribution is 2.30. The molecular formula is C22H21F3N2O2. The molecule has 0 radical (unpaired) electrons. The van der Waals surface area contributed by atoms with Crippen LogP contribution in [0.15, 0.2) is 47.3 Å². The molecule has 1 aromatic heterocycles. The average molecular weight is 402 g/mol. The smallest absolute Gasteiger partial charge is 0.326 e. The number of aromatic nitrogens is 1. The van der Waals surface area contributed by atoms with Crippen LogP contribution >= 0.6 is 0 Å². The Morgan fingerprint density at radius 1 is 1.03 bits per heavy atom. The number of nitrogens with zero attached hydrogens (tertiary/aromatic N) is 1. The van der Waals surface area contributed by atoms with Gasteiger partial charge in [0.15, 0.2) is 0 Å². The van der Waals surface area contributed by atoms with Gasteiger partial charge in [-0.2, -0.15) is 13.2 Å². The Kier molecular flexibility index (Phi) is 5.50. The van der Waals surface area contributed by atoms with E-state index >= 15 is 0 Å².